The molecule has 2 bridgehead atoms. The van der Waals surface area contributed by atoms with Gasteiger partial charge in [-0.2, -0.15) is 5.26 Å². The summed E-state index contributed by atoms with van der Waals surface area (Å²) in [5.74, 6) is -1.23. The Balaban J connectivity index is 1.67. The fourth-order valence-electron chi connectivity index (χ4n) is 4.57. The number of benzene rings is 1. The van der Waals surface area contributed by atoms with Crippen LogP contribution < -0.4 is 10.7 Å². The van der Waals surface area contributed by atoms with E-state index in [2.05, 4.69) is 6.07 Å². The molecule has 0 aliphatic carbocycles. The van der Waals surface area contributed by atoms with Crippen molar-refractivity contribution in [3.63, 3.8) is 0 Å². The average molecular weight is 422 g/mol. The molecular formula is C22H20N3O4S-. The summed E-state index contributed by atoms with van der Waals surface area (Å²) in [6.07, 6.45) is 0.876. The summed E-state index contributed by atoms with van der Waals surface area (Å²) in [6.45, 7) is 1.57. The molecular weight excluding hydrogens is 402 g/mol. The number of carbonyl (C=O) groups is 2. The highest BCUT2D eigenvalue weighted by atomic mass is 32.2. The van der Waals surface area contributed by atoms with Gasteiger partial charge in [0.25, 0.3) is 5.56 Å². The summed E-state index contributed by atoms with van der Waals surface area (Å²) in [4.78, 5) is 37.6. The van der Waals surface area contributed by atoms with Crippen LogP contribution in [0.2, 0.25) is 0 Å². The Morgan fingerprint density at radius 1 is 1.10 bits per heavy atom. The minimum atomic E-state index is -1.18. The van der Waals surface area contributed by atoms with E-state index >= 15 is 0 Å². The van der Waals surface area contributed by atoms with Gasteiger partial charge in [-0.25, -0.2) is 0 Å². The van der Waals surface area contributed by atoms with Gasteiger partial charge in [0.05, 0.1) is 23.4 Å². The molecule has 30 heavy (non-hydrogen) atoms. The molecule has 8 heteroatoms. The number of piperidine rings is 1. The van der Waals surface area contributed by atoms with Crippen molar-refractivity contribution in [2.24, 2.45) is 5.92 Å². The van der Waals surface area contributed by atoms with Crippen LogP contribution in [0.4, 0.5) is 0 Å². The van der Waals surface area contributed by atoms with Gasteiger partial charge in [-0.1, -0.05) is 18.2 Å². The smallest absolute Gasteiger partial charge is 0.250 e. The minimum Gasteiger partial charge on any atom is -0.549 e. The third-order valence-electron chi connectivity index (χ3n) is 5.73. The number of nitriles is 1. The van der Waals surface area contributed by atoms with Crippen molar-refractivity contribution in [2.75, 3.05) is 24.6 Å². The topological polar surface area (TPSA) is 106 Å². The van der Waals surface area contributed by atoms with Crippen molar-refractivity contribution in [1.82, 2.24) is 9.47 Å². The number of carboxylic acid groups (broad SMARTS) is 1. The van der Waals surface area contributed by atoms with Gasteiger partial charge < -0.3 is 19.4 Å². The number of carboxylic acids is 1. The number of aromatic nitrogens is 1. The summed E-state index contributed by atoms with van der Waals surface area (Å²) in [5, 5.41) is 20.1. The van der Waals surface area contributed by atoms with E-state index in [0.29, 0.717) is 25.2 Å². The normalized spacial score (nSPS) is 19.6. The Hall–Kier alpha value is -3.05. The van der Waals surface area contributed by atoms with Crippen molar-refractivity contribution in [3.8, 4) is 17.2 Å². The summed E-state index contributed by atoms with van der Waals surface area (Å²) in [5.41, 5.74) is 3.00. The van der Waals surface area contributed by atoms with Gasteiger partial charge in [0, 0.05) is 54.2 Å². The van der Waals surface area contributed by atoms with Crippen LogP contribution in [0, 0.1) is 17.2 Å². The van der Waals surface area contributed by atoms with Gasteiger partial charge >= 0.3 is 0 Å². The van der Waals surface area contributed by atoms with Crippen LogP contribution in [-0.4, -0.2) is 45.9 Å². The molecule has 1 fully saturated rings. The van der Waals surface area contributed by atoms with E-state index in [0.717, 1.165) is 35.0 Å². The standard InChI is InChI=1S/C22H21N3O4S/c23-8-15-3-1-2-4-17(15)18-5-6-19(26)25-10-14-7-16(22(18)25)11-24(9-14)20(27)12-30-13-21(28)29/h1-6,14,16H,7,9-13H2,(H,28,29)/p-1/t14-,16+/m0/s1. The van der Waals surface area contributed by atoms with Crippen LogP contribution in [0.25, 0.3) is 11.1 Å². The molecule has 0 saturated carbocycles. The molecule has 1 saturated heterocycles. The number of aliphatic carboxylic acids is 1. The first-order chi connectivity index (χ1) is 14.5. The lowest BCUT2D eigenvalue weighted by Crippen LogP contribution is -2.49. The molecule has 0 spiro atoms. The molecule has 0 unspecified atom stereocenters. The van der Waals surface area contributed by atoms with Crippen LogP contribution in [0.1, 0.15) is 23.6 Å². The lowest BCUT2D eigenvalue weighted by molar-refractivity contribution is -0.301. The number of thioether (sulfide) groups is 1. The van der Waals surface area contributed by atoms with Crippen molar-refractivity contribution in [1.29, 1.82) is 5.26 Å². The molecule has 154 valence electrons. The molecule has 1 aromatic carbocycles. The van der Waals surface area contributed by atoms with Crippen molar-refractivity contribution in [2.45, 2.75) is 18.9 Å². The monoisotopic (exact) mass is 422 g/mol. The largest absolute Gasteiger partial charge is 0.549 e. The maximum atomic E-state index is 12.6. The molecule has 2 atom stereocenters. The first-order valence-corrected chi connectivity index (χ1v) is 10.9. The van der Waals surface area contributed by atoms with Crippen molar-refractivity contribution >= 4 is 23.6 Å². The van der Waals surface area contributed by atoms with Crippen LogP contribution >= 0.6 is 11.8 Å². The molecule has 1 aromatic heterocycles. The Kier molecular flexibility index (Phi) is 5.64. The van der Waals surface area contributed by atoms with Gasteiger partial charge in [-0.05, 0) is 24.5 Å². The highest BCUT2D eigenvalue weighted by molar-refractivity contribution is 8.00. The van der Waals surface area contributed by atoms with Crippen LogP contribution in [0.3, 0.4) is 0 Å². The lowest BCUT2D eigenvalue weighted by Gasteiger charge is -2.43. The maximum Gasteiger partial charge on any atom is 0.250 e. The number of fused-ring (bicyclic) bond motifs is 4. The van der Waals surface area contributed by atoms with E-state index in [-0.39, 0.29) is 34.8 Å². The van der Waals surface area contributed by atoms with Gasteiger partial charge in [-0.15, -0.1) is 11.8 Å². The molecule has 3 heterocycles. The molecule has 2 aromatic rings. The zero-order chi connectivity index (χ0) is 21.3. The average Bonchev–Trinajstić information content (AvgIpc) is 2.74. The summed E-state index contributed by atoms with van der Waals surface area (Å²) < 4.78 is 1.80. The predicted molar refractivity (Wildman–Crippen MR) is 111 cm³/mol. The highest BCUT2D eigenvalue weighted by Gasteiger charge is 2.37. The molecule has 0 radical (unpaired) electrons. The zero-order valence-electron chi connectivity index (χ0n) is 16.2. The molecule has 1 amide bonds. The molecule has 4 rings (SSSR count). The summed E-state index contributed by atoms with van der Waals surface area (Å²) in [6, 6.07) is 12.9. The van der Waals surface area contributed by atoms with Crippen LogP contribution in [-0.2, 0) is 16.1 Å². The van der Waals surface area contributed by atoms with Gasteiger partial charge in [0.15, 0.2) is 0 Å². The van der Waals surface area contributed by atoms with E-state index in [4.69, 9.17) is 0 Å². The van der Waals surface area contributed by atoms with Crippen LogP contribution in [0.15, 0.2) is 41.2 Å². The van der Waals surface area contributed by atoms with Gasteiger partial charge in [0.1, 0.15) is 0 Å². The number of rotatable bonds is 5. The number of carbonyl (C=O) groups excluding carboxylic acids is 2. The molecule has 7 nitrogen and oxygen atoms in total. The fourth-order valence-corrected chi connectivity index (χ4v) is 5.20. The number of hydrogen-bond donors (Lipinski definition) is 0. The third-order valence-corrected chi connectivity index (χ3v) is 6.62. The second-order valence-corrected chi connectivity index (χ2v) is 8.69. The minimum absolute atomic E-state index is 0.0109. The first-order valence-electron chi connectivity index (χ1n) is 9.76. The van der Waals surface area contributed by atoms with E-state index < -0.39 is 5.97 Å². The predicted octanol–water partition coefficient (Wildman–Crippen LogP) is 0.816. The van der Waals surface area contributed by atoms with E-state index in [1.165, 1.54) is 0 Å². The summed E-state index contributed by atoms with van der Waals surface area (Å²) in [7, 11) is 0. The van der Waals surface area contributed by atoms with Gasteiger partial charge in [0.2, 0.25) is 5.91 Å². The first kappa shape index (κ1) is 20.2. The quantitative estimate of drug-likeness (QED) is 0.706. The molecule has 2 aliphatic heterocycles. The Labute approximate surface area is 177 Å². The SMILES string of the molecule is N#Cc1ccccc1-c1ccc(=O)n2c1[C@@H]1C[C@@H](CN(C(=O)CSCC(=O)[O-])C1)C2. The number of likely N-dealkylation sites (tertiary alicyclic amines) is 1. The fraction of sp³-hybridized carbons (Fsp3) is 0.364. The number of hydrogen-bond acceptors (Lipinski definition) is 6. The number of pyridine rings is 1. The molecule has 2 aliphatic rings. The van der Waals surface area contributed by atoms with Crippen molar-refractivity contribution in [3.05, 3.63) is 58.0 Å². The van der Waals surface area contributed by atoms with E-state index in [1.54, 1.807) is 27.7 Å². The Morgan fingerprint density at radius 3 is 2.67 bits per heavy atom. The molecule has 0 N–H and O–H groups in total. The highest BCUT2D eigenvalue weighted by Crippen LogP contribution is 2.40. The van der Waals surface area contributed by atoms with Crippen molar-refractivity contribution < 1.29 is 14.7 Å². The number of nitrogens with zero attached hydrogens (tertiary/aromatic N) is 3. The third kappa shape index (κ3) is 3.85. The Bertz CT molecular complexity index is 1100. The summed E-state index contributed by atoms with van der Waals surface area (Å²) >= 11 is 1.04. The maximum absolute atomic E-state index is 12.6. The second kappa shape index (κ2) is 8.36. The van der Waals surface area contributed by atoms with E-state index in [9.17, 15) is 24.8 Å². The van der Waals surface area contributed by atoms with Crippen LogP contribution in [0.5, 0.6) is 0 Å². The van der Waals surface area contributed by atoms with E-state index in [1.807, 2.05) is 18.2 Å². The lowest BCUT2D eigenvalue weighted by atomic mass is 9.80. The number of amides is 1. The Morgan fingerprint density at radius 2 is 1.90 bits per heavy atom. The second-order valence-electron chi connectivity index (χ2n) is 7.70. The zero-order valence-corrected chi connectivity index (χ0v) is 17.1. The van der Waals surface area contributed by atoms with Gasteiger partial charge in [-0.3, -0.25) is 9.59 Å².